The fraction of sp³-hybridized carbons (Fsp3) is 0.571. The monoisotopic (exact) mass is 302 g/mol. The van der Waals surface area contributed by atoms with Crippen molar-refractivity contribution in [2.24, 2.45) is 0 Å². The summed E-state index contributed by atoms with van der Waals surface area (Å²) in [6, 6.07) is 6.04. The second-order valence-corrected chi connectivity index (χ2v) is 8.94. The van der Waals surface area contributed by atoms with E-state index in [-0.39, 0.29) is 12.2 Å². The van der Waals surface area contributed by atoms with E-state index in [0.717, 1.165) is 10.5 Å². The van der Waals surface area contributed by atoms with Gasteiger partial charge < -0.3 is 0 Å². The molecule has 3 nitrogen and oxygen atoms in total. The van der Waals surface area contributed by atoms with E-state index in [4.69, 9.17) is 9.05 Å². The lowest BCUT2D eigenvalue weighted by atomic mass is 10.2. The molecule has 0 amide bonds. The third-order valence-electron chi connectivity index (χ3n) is 2.22. The molecule has 108 valence electrons. The van der Waals surface area contributed by atoms with Gasteiger partial charge >= 0.3 is 6.80 Å². The summed E-state index contributed by atoms with van der Waals surface area (Å²) in [6.07, 6.45) is -0.273. The van der Waals surface area contributed by atoms with Crippen molar-refractivity contribution in [3.8, 4) is 0 Å². The maximum absolute atomic E-state index is 12.8. The standard InChI is InChI=1S/C14H23O3PS/c1-10(2)16-18(15,17-11(3)4)19-14-8-7-12(5)9-13(14)6/h7-11H,1-6H3. The molecule has 0 saturated carbocycles. The minimum Gasteiger partial charge on any atom is -0.298 e. The summed E-state index contributed by atoms with van der Waals surface area (Å²) in [4.78, 5) is 0.940. The van der Waals surface area contributed by atoms with Gasteiger partial charge in [0.05, 0.1) is 12.2 Å². The Labute approximate surface area is 120 Å². The molecule has 0 aliphatic rings. The van der Waals surface area contributed by atoms with Crippen LogP contribution in [0.15, 0.2) is 23.1 Å². The maximum Gasteiger partial charge on any atom is 0.394 e. The Morgan fingerprint density at radius 2 is 1.58 bits per heavy atom. The van der Waals surface area contributed by atoms with Crippen molar-refractivity contribution in [3.05, 3.63) is 29.3 Å². The highest BCUT2D eigenvalue weighted by Gasteiger charge is 2.30. The molecule has 0 radical (unpaired) electrons. The van der Waals surface area contributed by atoms with Crippen molar-refractivity contribution < 1.29 is 13.6 Å². The summed E-state index contributed by atoms with van der Waals surface area (Å²) >= 11 is 1.19. The molecule has 0 aromatic heterocycles. The van der Waals surface area contributed by atoms with Crippen molar-refractivity contribution in [3.63, 3.8) is 0 Å². The fourth-order valence-corrected chi connectivity index (χ4v) is 5.98. The van der Waals surface area contributed by atoms with E-state index in [1.54, 1.807) is 0 Å². The van der Waals surface area contributed by atoms with Crippen LogP contribution in [0.2, 0.25) is 0 Å². The highest BCUT2D eigenvalue weighted by Crippen LogP contribution is 2.65. The van der Waals surface area contributed by atoms with Gasteiger partial charge in [0.2, 0.25) is 0 Å². The molecule has 0 N–H and O–H groups in total. The van der Waals surface area contributed by atoms with Gasteiger partial charge in [-0.05, 0) is 64.6 Å². The van der Waals surface area contributed by atoms with Crippen LogP contribution >= 0.6 is 18.2 Å². The number of rotatable bonds is 6. The summed E-state index contributed by atoms with van der Waals surface area (Å²) in [5, 5.41) is 0. The molecule has 5 heteroatoms. The first-order chi connectivity index (χ1) is 8.72. The van der Waals surface area contributed by atoms with E-state index in [1.165, 1.54) is 16.9 Å². The molecule has 1 aromatic carbocycles. The molecule has 1 aromatic rings. The fourth-order valence-electron chi connectivity index (χ4n) is 1.61. The zero-order valence-electron chi connectivity index (χ0n) is 12.5. The lowest BCUT2D eigenvalue weighted by molar-refractivity contribution is 0.156. The second-order valence-electron chi connectivity index (χ2n) is 5.12. The quantitative estimate of drug-likeness (QED) is 0.663. The molecule has 0 bridgehead atoms. The molecule has 1 rings (SSSR count). The van der Waals surface area contributed by atoms with Crippen molar-refractivity contribution in [1.29, 1.82) is 0 Å². The minimum absolute atomic E-state index is 0.136. The van der Waals surface area contributed by atoms with E-state index in [1.807, 2.05) is 53.7 Å². The van der Waals surface area contributed by atoms with E-state index in [2.05, 4.69) is 6.07 Å². The summed E-state index contributed by atoms with van der Waals surface area (Å²) < 4.78 is 23.8. The topological polar surface area (TPSA) is 35.5 Å². The number of benzene rings is 1. The maximum atomic E-state index is 12.8. The first kappa shape index (κ1) is 16.8. The van der Waals surface area contributed by atoms with Gasteiger partial charge in [0.1, 0.15) is 0 Å². The van der Waals surface area contributed by atoms with Crippen LogP contribution in [0.1, 0.15) is 38.8 Å². The Kier molecular flexibility index (Phi) is 6.13. The average molecular weight is 302 g/mol. The number of hydrogen-bond donors (Lipinski definition) is 0. The second kappa shape index (κ2) is 6.94. The van der Waals surface area contributed by atoms with Crippen LogP contribution in [0.5, 0.6) is 0 Å². The molecule has 0 unspecified atom stereocenters. The predicted molar refractivity (Wildman–Crippen MR) is 81.8 cm³/mol. The van der Waals surface area contributed by atoms with Crippen molar-refractivity contribution in [1.82, 2.24) is 0 Å². The summed E-state index contributed by atoms with van der Waals surface area (Å²) in [5.74, 6) is 0. The zero-order chi connectivity index (χ0) is 14.6. The highest BCUT2D eigenvalue weighted by atomic mass is 32.7. The van der Waals surface area contributed by atoms with Crippen LogP contribution in [0.4, 0.5) is 0 Å². The van der Waals surface area contributed by atoms with Gasteiger partial charge in [0.15, 0.2) is 0 Å². The molecule has 0 aliphatic carbocycles. The van der Waals surface area contributed by atoms with Crippen molar-refractivity contribution >= 4 is 18.2 Å². The molecule has 0 spiro atoms. The van der Waals surface area contributed by atoms with Gasteiger partial charge in [-0.25, -0.2) is 4.57 Å². The van der Waals surface area contributed by atoms with Crippen LogP contribution in [0.25, 0.3) is 0 Å². The summed E-state index contributed by atoms with van der Waals surface area (Å²) in [7, 11) is 0. The Bertz CT molecular complexity index is 458. The van der Waals surface area contributed by atoms with Crippen LogP contribution in [-0.2, 0) is 13.6 Å². The molecule has 0 atom stereocenters. The van der Waals surface area contributed by atoms with Crippen LogP contribution in [-0.4, -0.2) is 12.2 Å². The summed E-state index contributed by atoms with van der Waals surface area (Å²) in [6.45, 7) is 8.30. The molecular weight excluding hydrogens is 279 g/mol. The minimum atomic E-state index is -3.18. The van der Waals surface area contributed by atoms with Gasteiger partial charge in [-0.2, -0.15) is 0 Å². The van der Waals surface area contributed by atoms with Crippen LogP contribution in [0, 0.1) is 13.8 Å². The van der Waals surface area contributed by atoms with Crippen molar-refractivity contribution in [2.75, 3.05) is 0 Å². The number of hydrogen-bond acceptors (Lipinski definition) is 4. The Morgan fingerprint density at radius 3 is 2.00 bits per heavy atom. The smallest absolute Gasteiger partial charge is 0.298 e. The molecular formula is C14H23O3PS. The SMILES string of the molecule is Cc1ccc(SP(=O)(OC(C)C)OC(C)C)c(C)c1. The van der Waals surface area contributed by atoms with E-state index >= 15 is 0 Å². The normalized spacial score (nSPS) is 12.4. The van der Waals surface area contributed by atoms with E-state index in [9.17, 15) is 4.57 Å². The largest absolute Gasteiger partial charge is 0.394 e. The van der Waals surface area contributed by atoms with Gasteiger partial charge in [0.25, 0.3) is 0 Å². The van der Waals surface area contributed by atoms with E-state index < -0.39 is 6.80 Å². The predicted octanol–water partition coefficient (Wildman–Crippen LogP) is 5.35. The van der Waals surface area contributed by atoms with Gasteiger partial charge in [-0.1, -0.05) is 17.7 Å². The Morgan fingerprint density at radius 1 is 1.05 bits per heavy atom. The zero-order valence-corrected chi connectivity index (χ0v) is 14.2. The van der Waals surface area contributed by atoms with Crippen LogP contribution in [0.3, 0.4) is 0 Å². The highest BCUT2D eigenvalue weighted by molar-refractivity contribution is 8.55. The molecule has 19 heavy (non-hydrogen) atoms. The third kappa shape index (κ3) is 5.70. The summed E-state index contributed by atoms with van der Waals surface area (Å²) in [5.41, 5.74) is 2.27. The Balaban J connectivity index is 2.96. The van der Waals surface area contributed by atoms with Gasteiger partial charge in [0, 0.05) is 4.90 Å². The van der Waals surface area contributed by atoms with Gasteiger partial charge in [-0.15, -0.1) is 0 Å². The number of aryl methyl sites for hydroxylation is 2. The average Bonchev–Trinajstić information content (AvgIpc) is 2.19. The van der Waals surface area contributed by atoms with Crippen molar-refractivity contribution in [2.45, 2.75) is 58.6 Å². The lowest BCUT2D eigenvalue weighted by Gasteiger charge is -2.22. The van der Waals surface area contributed by atoms with Crippen LogP contribution < -0.4 is 0 Å². The van der Waals surface area contributed by atoms with Gasteiger partial charge in [-0.3, -0.25) is 9.05 Å². The first-order valence-electron chi connectivity index (χ1n) is 6.45. The molecule has 0 fully saturated rings. The van der Waals surface area contributed by atoms with E-state index in [0.29, 0.717) is 0 Å². The Hall–Kier alpha value is -0.280. The first-order valence-corrected chi connectivity index (χ1v) is 9.42. The molecule has 0 aliphatic heterocycles. The lowest BCUT2D eigenvalue weighted by Crippen LogP contribution is -2.06. The molecule has 0 saturated heterocycles. The molecule has 0 heterocycles. The third-order valence-corrected chi connectivity index (χ3v) is 6.24.